The van der Waals surface area contributed by atoms with Gasteiger partial charge in [0.1, 0.15) is 0 Å². The van der Waals surface area contributed by atoms with E-state index < -0.39 is 5.97 Å². The van der Waals surface area contributed by atoms with Crippen molar-refractivity contribution in [1.29, 1.82) is 0 Å². The Morgan fingerprint density at radius 3 is 2.62 bits per heavy atom. The molecule has 2 aliphatic rings. The quantitative estimate of drug-likeness (QED) is 0.746. The van der Waals surface area contributed by atoms with Gasteiger partial charge < -0.3 is 10.0 Å². The van der Waals surface area contributed by atoms with Crippen LogP contribution in [0.3, 0.4) is 0 Å². The first-order valence-corrected chi connectivity index (χ1v) is 8.07. The molecule has 0 aromatic rings. The van der Waals surface area contributed by atoms with Gasteiger partial charge in [0.05, 0.1) is 13.0 Å². The van der Waals surface area contributed by atoms with E-state index in [0.717, 1.165) is 25.7 Å². The standard InChI is InChI=1S/C16H26N2O3/c1-2-17(11-10-16(20)21)12-15(19)18(14-8-9-14)13-6-4-3-5-7-13/h6,14H,2-5,7-12H2,1H3,(H,20,21). The third kappa shape index (κ3) is 4.84. The van der Waals surface area contributed by atoms with Crippen molar-refractivity contribution in [3.63, 3.8) is 0 Å². The van der Waals surface area contributed by atoms with Crippen LogP contribution in [0.1, 0.15) is 51.9 Å². The molecule has 0 atom stereocenters. The Bertz CT molecular complexity index is 416. The van der Waals surface area contributed by atoms with Gasteiger partial charge in [-0.05, 0) is 45.1 Å². The molecule has 118 valence electrons. The first-order valence-electron chi connectivity index (χ1n) is 8.07. The van der Waals surface area contributed by atoms with Crippen LogP contribution in [-0.2, 0) is 9.59 Å². The molecular weight excluding hydrogens is 268 g/mol. The van der Waals surface area contributed by atoms with E-state index in [9.17, 15) is 9.59 Å². The van der Waals surface area contributed by atoms with Gasteiger partial charge in [-0.1, -0.05) is 13.0 Å². The van der Waals surface area contributed by atoms with Gasteiger partial charge in [0.2, 0.25) is 5.91 Å². The maximum atomic E-state index is 12.6. The van der Waals surface area contributed by atoms with Crippen LogP contribution < -0.4 is 0 Å². The monoisotopic (exact) mass is 294 g/mol. The lowest BCUT2D eigenvalue weighted by molar-refractivity contribution is -0.138. The number of allylic oxidation sites excluding steroid dienone is 2. The third-order valence-electron chi connectivity index (χ3n) is 4.21. The Morgan fingerprint density at radius 2 is 2.10 bits per heavy atom. The van der Waals surface area contributed by atoms with Gasteiger partial charge in [0, 0.05) is 18.3 Å². The van der Waals surface area contributed by atoms with Crippen LogP contribution in [-0.4, -0.2) is 52.5 Å². The maximum absolute atomic E-state index is 12.6. The Morgan fingerprint density at radius 1 is 1.33 bits per heavy atom. The van der Waals surface area contributed by atoms with Gasteiger partial charge in [0.15, 0.2) is 0 Å². The molecule has 0 radical (unpaired) electrons. The summed E-state index contributed by atoms with van der Waals surface area (Å²) in [6, 6.07) is 0.389. The Hall–Kier alpha value is -1.36. The van der Waals surface area contributed by atoms with E-state index in [-0.39, 0.29) is 12.3 Å². The van der Waals surface area contributed by atoms with E-state index in [1.54, 1.807) is 0 Å². The zero-order chi connectivity index (χ0) is 15.2. The number of amides is 1. The van der Waals surface area contributed by atoms with Crippen molar-refractivity contribution in [3.8, 4) is 0 Å². The highest BCUT2D eigenvalue weighted by molar-refractivity contribution is 5.81. The molecule has 21 heavy (non-hydrogen) atoms. The van der Waals surface area contributed by atoms with Crippen molar-refractivity contribution in [3.05, 3.63) is 11.8 Å². The van der Waals surface area contributed by atoms with Crippen LogP contribution in [0, 0.1) is 0 Å². The number of carboxylic acid groups (broad SMARTS) is 1. The molecule has 5 heteroatoms. The molecule has 0 aromatic heterocycles. The fourth-order valence-electron chi connectivity index (χ4n) is 2.84. The van der Waals surface area contributed by atoms with Crippen LogP contribution in [0.25, 0.3) is 0 Å². The summed E-state index contributed by atoms with van der Waals surface area (Å²) in [6.07, 6.45) is 8.97. The highest BCUT2D eigenvalue weighted by atomic mass is 16.4. The number of aliphatic carboxylic acids is 1. The molecule has 1 N–H and O–H groups in total. The van der Waals surface area contributed by atoms with E-state index in [2.05, 4.69) is 6.08 Å². The molecule has 0 bridgehead atoms. The predicted molar refractivity (Wildman–Crippen MR) is 80.8 cm³/mol. The minimum Gasteiger partial charge on any atom is -0.481 e. The van der Waals surface area contributed by atoms with Gasteiger partial charge in [0.25, 0.3) is 0 Å². The lowest BCUT2D eigenvalue weighted by atomic mass is 10.0. The molecule has 1 saturated carbocycles. The fraction of sp³-hybridized carbons (Fsp3) is 0.750. The Balaban J connectivity index is 1.94. The largest absolute Gasteiger partial charge is 0.481 e. The third-order valence-corrected chi connectivity index (χ3v) is 4.21. The van der Waals surface area contributed by atoms with Gasteiger partial charge in [-0.3, -0.25) is 14.5 Å². The zero-order valence-electron chi connectivity index (χ0n) is 12.9. The van der Waals surface area contributed by atoms with E-state index in [0.29, 0.717) is 25.7 Å². The summed E-state index contributed by atoms with van der Waals surface area (Å²) in [7, 11) is 0. The van der Waals surface area contributed by atoms with Crippen molar-refractivity contribution < 1.29 is 14.7 Å². The summed E-state index contributed by atoms with van der Waals surface area (Å²) >= 11 is 0. The maximum Gasteiger partial charge on any atom is 0.304 e. The summed E-state index contributed by atoms with van der Waals surface area (Å²) in [4.78, 5) is 27.2. The molecule has 0 aromatic carbocycles. The van der Waals surface area contributed by atoms with Crippen molar-refractivity contribution in [2.24, 2.45) is 0 Å². The molecule has 0 heterocycles. The van der Waals surface area contributed by atoms with Crippen LogP contribution in [0.4, 0.5) is 0 Å². The number of carbonyl (C=O) groups excluding carboxylic acids is 1. The summed E-state index contributed by atoms with van der Waals surface area (Å²) in [5.41, 5.74) is 1.20. The van der Waals surface area contributed by atoms with Crippen LogP contribution >= 0.6 is 0 Å². The molecule has 2 aliphatic carbocycles. The fourth-order valence-corrected chi connectivity index (χ4v) is 2.84. The van der Waals surface area contributed by atoms with Gasteiger partial charge >= 0.3 is 5.97 Å². The van der Waals surface area contributed by atoms with Gasteiger partial charge in [-0.15, -0.1) is 0 Å². The van der Waals surface area contributed by atoms with E-state index >= 15 is 0 Å². The summed E-state index contributed by atoms with van der Waals surface area (Å²) in [6.45, 7) is 3.44. The second kappa shape index (κ2) is 7.59. The number of nitrogens with zero attached hydrogens (tertiary/aromatic N) is 2. The van der Waals surface area contributed by atoms with Crippen molar-refractivity contribution in [2.45, 2.75) is 57.9 Å². The van der Waals surface area contributed by atoms with E-state index in [1.165, 1.54) is 18.5 Å². The topological polar surface area (TPSA) is 60.9 Å². The molecular formula is C16H26N2O3. The number of rotatable bonds is 8. The van der Waals surface area contributed by atoms with Crippen molar-refractivity contribution in [1.82, 2.24) is 9.80 Å². The zero-order valence-corrected chi connectivity index (χ0v) is 12.9. The molecule has 2 rings (SSSR count). The smallest absolute Gasteiger partial charge is 0.304 e. The first kappa shape index (κ1) is 16.0. The molecule has 1 fully saturated rings. The van der Waals surface area contributed by atoms with E-state index in [1.807, 2.05) is 16.7 Å². The van der Waals surface area contributed by atoms with Crippen LogP contribution in [0.2, 0.25) is 0 Å². The lowest BCUT2D eigenvalue weighted by Crippen LogP contribution is -2.42. The summed E-state index contributed by atoms with van der Waals surface area (Å²) in [5, 5.41) is 8.77. The van der Waals surface area contributed by atoms with E-state index in [4.69, 9.17) is 5.11 Å². The normalized spacial score (nSPS) is 18.5. The highest BCUT2D eigenvalue weighted by Gasteiger charge is 2.35. The van der Waals surface area contributed by atoms with Crippen molar-refractivity contribution >= 4 is 11.9 Å². The molecule has 5 nitrogen and oxygen atoms in total. The second-order valence-electron chi connectivity index (χ2n) is 5.95. The summed E-state index contributed by atoms with van der Waals surface area (Å²) in [5.74, 6) is -0.673. The van der Waals surface area contributed by atoms with Crippen LogP contribution in [0.15, 0.2) is 11.8 Å². The Labute approximate surface area is 126 Å². The van der Waals surface area contributed by atoms with Crippen molar-refractivity contribution in [2.75, 3.05) is 19.6 Å². The molecule has 0 unspecified atom stereocenters. The molecule has 1 amide bonds. The number of carboxylic acids is 1. The van der Waals surface area contributed by atoms with Gasteiger partial charge in [-0.2, -0.15) is 0 Å². The summed E-state index contributed by atoms with van der Waals surface area (Å²) < 4.78 is 0. The number of hydrogen-bond acceptors (Lipinski definition) is 3. The molecule has 0 spiro atoms. The Kier molecular flexibility index (Phi) is 5.79. The number of carbonyl (C=O) groups is 2. The lowest BCUT2D eigenvalue weighted by Gasteiger charge is -2.30. The van der Waals surface area contributed by atoms with Crippen LogP contribution in [0.5, 0.6) is 0 Å². The minimum absolute atomic E-state index is 0.0905. The molecule has 0 aliphatic heterocycles. The molecule has 0 saturated heterocycles. The number of hydrogen-bond donors (Lipinski definition) is 1. The SMILES string of the molecule is CCN(CCC(=O)O)CC(=O)N(C1=CCCCC1)C1CC1. The first-order chi connectivity index (χ1) is 10.1. The minimum atomic E-state index is -0.810. The second-order valence-corrected chi connectivity index (χ2v) is 5.95. The highest BCUT2D eigenvalue weighted by Crippen LogP contribution is 2.33. The number of likely N-dealkylation sites (N-methyl/N-ethyl adjacent to an activating group) is 1. The van der Waals surface area contributed by atoms with Gasteiger partial charge in [-0.25, -0.2) is 0 Å². The average molecular weight is 294 g/mol. The average Bonchev–Trinajstić information content (AvgIpc) is 3.29. The predicted octanol–water partition coefficient (Wildman–Crippen LogP) is 2.23.